The van der Waals surface area contributed by atoms with Gasteiger partial charge in [0.2, 0.25) is 5.89 Å². The van der Waals surface area contributed by atoms with Crippen LogP contribution in [0.4, 0.5) is 0 Å². The lowest BCUT2D eigenvalue weighted by Crippen LogP contribution is -2.53. The van der Waals surface area contributed by atoms with Crippen LogP contribution in [0.15, 0.2) is 9.41 Å². The van der Waals surface area contributed by atoms with Gasteiger partial charge < -0.3 is 20.0 Å². The van der Waals surface area contributed by atoms with E-state index in [4.69, 9.17) is 4.42 Å². The molecule has 24 heavy (non-hydrogen) atoms. The molecule has 0 radical (unpaired) electrons. The summed E-state index contributed by atoms with van der Waals surface area (Å²) in [6.07, 6.45) is 0. The molecule has 1 aliphatic heterocycles. The zero-order valence-electron chi connectivity index (χ0n) is 15.7. The molecule has 7 nitrogen and oxygen atoms in total. The lowest BCUT2D eigenvalue weighted by Gasteiger charge is -2.37. The fourth-order valence-corrected chi connectivity index (χ4v) is 2.89. The minimum Gasteiger partial charge on any atom is -0.444 e. The maximum Gasteiger partial charge on any atom is 0.214 e. The summed E-state index contributed by atoms with van der Waals surface area (Å²) < 4.78 is 5.58. The highest BCUT2D eigenvalue weighted by Crippen LogP contribution is 2.08. The zero-order chi connectivity index (χ0) is 17.5. The Morgan fingerprint density at radius 3 is 2.50 bits per heavy atom. The molecule has 1 aliphatic rings. The number of guanidine groups is 1. The van der Waals surface area contributed by atoms with Gasteiger partial charge in [-0.1, -0.05) is 6.92 Å². The summed E-state index contributed by atoms with van der Waals surface area (Å²) in [4.78, 5) is 13.7. The average Bonchev–Trinajstić information content (AvgIpc) is 2.93. The largest absolute Gasteiger partial charge is 0.444 e. The van der Waals surface area contributed by atoms with E-state index in [0.29, 0.717) is 18.5 Å². The van der Waals surface area contributed by atoms with Crippen LogP contribution in [-0.4, -0.2) is 73.1 Å². The molecule has 0 spiro atoms. The lowest BCUT2D eigenvalue weighted by atomic mass is 10.2. The number of hydrogen-bond acceptors (Lipinski definition) is 5. The highest BCUT2D eigenvalue weighted by molar-refractivity contribution is 5.79. The summed E-state index contributed by atoms with van der Waals surface area (Å²) in [5.74, 6) is 2.34. The van der Waals surface area contributed by atoms with E-state index >= 15 is 0 Å². The number of rotatable bonds is 6. The average molecular weight is 336 g/mol. The molecule has 0 bridgehead atoms. The molecule has 0 saturated carbocycles. The minimum atomic E-state index is 0.480. The van der Waals surface area contributed by atoms with E-state index < -0.39 is 0 Å². The van der Waals surface area contributed by atoms with E-state index in [1.807, 2.05) is 13.8 Å². The normalized spacial score (nSPS) is 18.6. The molecule has 2 heterocycles. The summed E-state index contributed by atoms with van der Waals surface area (Å²) in [5.41, 5.74) is 0.939. The van der Waals surface area contributed by atoms with Crippen molar-refractivity contribution in [2.24, 2.45) is 4.99 Å². The van der Waals surface area contributed by atoms with Gasteiger partial charge in [-0.15, -0.1) is 0 Å². The van der Waals surface area contributed by atoms with Crippen molar-refractivity contribution in [3.63, 3.8) is 0 Å². The third kappa shape index (κ3) is 5.21. The Morgan fingerprint density at radius 2 is 1.96 bits per heavy atom. The number of aromatic nitrogens is 1. The molecule has 136 valence electrons. The molecule has 0 aromatic carbocycles. The van der Waals surface area contributed by atoms with Crippen molar-refractivity contribution in [1.29, 1.82) is 0 Å². The Hall–Kier alpha value is -1.60. The summed E-state index contributed by atoms with van der Waals surface area (Å²) in [7, 11) is 1.78. The Bertz CT molecular complexity index is 514. The summed E-state index contributed by atoms with van der Waals surface area (Å²) in [6, 6.07) is 0.480. The van der Waals surface area contributed by atoms with Gasteiger partial charge in [-0.05, 0) is 27.3 Å². The first-order valence-corrected chi connectivity index (χ1v) is 8.87. The number of nitrogens with one attached hydrogen (secondary N) is 2. The van der Waals surface area contributed by atoms with Crippen molar-refractivity contribution in [3.8, 4) is 0 Å². The number of aliphatic imine (C=N–C) groups is 1. The monoisotopic (exact) mass is 336 g/mol. The Kier molecular flexibility index (Phi) is 7.05. The van der Waals surface area contributed by atoms with Crippen LogP contribution < -0.4 is 10.6 Å². The third-order valence-electron chi connectivity index (χ3n) is 4.75. The van der Waals surface area contributed by atoms with Crippen LogP contribution >= 0.6 is 0 Å². The van der Waals surface area contributed by atoms with Crippen molar-refractivity contribution in [2.75, 3.05) is 46.3 Å². The van der Waals surface area contributed by atoms with Crippen molar-refractivity contribution < 1.29 is 4.42 Å². The second-order valence-corrected chi connectivity index (χ2v) is 6.38. The number of likely N-dealkylation sites (N-methyl/N-ethyl adjacent to an activating group) is 1. The third-order valence-corrected chi connectivity index (χ3v) is 4.75. The Balaban J connectivity index is 1.73. The van der Waals surface area contributed by atoms with E-state index in [1.54, 1.807) is 7.05 Å². The quantitative estimate of drug-likeness (QED) is 0.596. The fourth-order valence-electron chi connectivity index (χ4n) is 2.89. The molecule has 1 unspecified atom stereocenters. The van der Waals surface area contributed by atoms with Crippen molar-refractivity contribution in [2.45, 2.75) is 40.3 Å². The molecule has 2 N–H and O–H groups in total. The Labute approximate surface area is 145 Å². The summed E-state index contributed by atoms with van der Waals surface area (Å²) in [6.45, 7) is 15.5. The van der Waals surface area contributed by atoms with Crippen LogP contribution in [-0.2, 0) is 6.54 Å². The van der Waals surface area contributed by atoms with E-state index in [2.05, 4.69) is 44.3 Å². The number of nitrogens with zero attached hydrogens (tertiary/aromatic N) is 4. The second-order valence-electron chi connectivity index (χ2n) is 6.38. The van der Waals surface area contributed by atoms with Gasteiger partial charge in [0.15, 0.2) is 5.96 Å². The van der Waals surface area contributed by atoms with Crippen molar-refractivity contribution >= 4 is 5.96 Å². The first-order chi connectivity index (χ1) is 11.5. The Morgan fingerprint density at radius 1 is 1.25 bits per heavy atom. The standard InChI is InChI=1S/C17H32N6O/c1-6-22-7-9-23(10-8-22)13(2)11-19-17(18-5)20-12-16-21-14(3)15(4)24-16/h13H,6-12H2,1-5H3,(H2,18,19,20). The van der Waals surface area contributed by atoms with Gasteiger partial charge in [0, 0.05) is 45.8 Å². The molecular weight excluding hydrogens is 304 g/mol. The lowest BCUT2D eigenvalue weighted by molar-refractivity contribution is 0.107. The second kappa shape index (κ2) is 9.03. The molecule has 1 fully saturated rings. The number of oxazole rings is 1. The predicted octanol–water partition coefficient (Wildman–Crippen LogP) is 0.982. The maximum absolute atomic E-state index is 5.58. The van der Waals surface area contributed by atoms with Gasteiger partial charge in [-0.2, -0.15) is 0 Å². The molecule has 1 atom stereocenters. The minimum absolute atomic E-state index is 0.480. The smallest absolute Gasteiger partial charge is 0.214 e. The van der Waals surface area contributed by atoms with E-state index in [1.165, 1.54) is 0 Å². The molecule has 2 rings (SSSR count). The van der Waals surface area contributed by atoms with Gasteiger partial charge in [-0.25, -0.2) is 4.98 Å². The van der Waals surface area contributed by atoms with Gasteiger partial charge in [0.25, 0.3) is 0 Å². The van der Waals surface area contributed by atoms with Crippen LogP contribution in [0.1, 0.15) is 31.2 Å². The number of piperazine rings is 1. The SMILES string of the molecule is CCN1CCN(C(C)CNC(=NC)NCc2nc(C)c(C)o2)CC1. The van der Waals surface area contributed by atoms with Crippen LogP contribution in [0.25, 0.3) is 0 Å². The first kappa shape index (κ1) is 18.7. The van der Waals surface area contributed by atoms with Crippen LogP contribution in [0, 0.1) is 13.8 Å². The zero-order valence-corrected chi connectivity index (χ0v) is 15.7. The van der Waals surface area contributed by atoms with Crippen molar-refractivity contribution in [3.05, 3.63) is 17.3 Å². The van der Waals surface area contributed by atoms with Gasteiger partial charge in [0.05, 0.1) is 12.2 Å². The maximum atomic E-state index is 5.58. The molecule has 1 saturated heterocycles. The number of aryl methyl sites for hydroxylation is 2. The van der Waals surface area contributed by atoms with Crippen LogP contribution in [0.2, 0.25) is 0 Å². The molecule has 1 aromatic rings. The van der Waals surface area contributed by atoms with E-state index in [9.17, 15) is 0 Å². The topological polar surface area (TPSA) is 68.9 Å². The summed E-state index contributed by atoms with van der Waals surface area (Å²) in [5, 5.41) is 6.65. The van der Waals surface area contributed by atoms with Crippen molar-refractivity contribution in [1.82, 2.24) is 25.4 Å². The number of hydrogen-bond donors (Lipinski definition) is 2. The molecular formula is C17H32N6O. The molecule has 0 amide bonds. The molecule has 1 aromatic heterocycles. The van der Waals surface area contributed by atoms with Gasteiger partial charge in [0.1, 0.15) is 5.76 Å². The van der Waals surface area contributed by atoms with Crippen LogP contribution in [0.3, 0.4) is 0 Å². The molecule has 0 aliphatic carbocycles. The van der Waals surface area contributed by atoms with Crippen LogP contribution in [0.5, 0.6) is 0 Å². The predicted molar refractivity (Wildman–Crippen MR) is 97.3 cm³/mol. The fraction of sp³-hybridized carbons (Fsp3) is 0.765. The van der Waals surface area contributed by atoms with E-state index in [0.717, 1.165) is 56.7 Å². The van der Waals surface area contributed by atoms with Gasteiger partial charge in [-0.3, -0.25) is 9.89 Å². The van der Waals surface area contributed by atoms with Gasteiger partial charge >= 0.3 is 0 Å². The first-order valence-electron chi connectivity index (χ1n) is 8.87. The summed E-state index contributed by atoms with van der Waals surface area (Å²) >= 11 is 0. The highest BCUT2D eigenvalue weighted by atomic mass is 16.4. The van der Waals surface area contributed by atoms with E-state index in [-0.39, 0.29) is 0 Å². The highest BCUT2D eigenvalue weighted by Gasteiger charge is 2.20. The molecule has 7 heteroatoms.